The predicted octanol–water partition coefficient (Wildman–Crippen LogP) is 7.15. The number of halogens is 4. The summed E-state index contributed by atoms with van der Waals surface area (Å²) in [6.45, 7) is 7.98. The first-order valence-electron chi connectivity index (χ1n) is 12.1. The van der Waals surface area contributed by atoms with E-state index in [1.54, 1.807) is 31.2 Å². The maximum absolute atomic E-state index is 12.8. The Bertz CT molecular complexity index is 1450. The molecule has 0 aliphatic carbocycles. The Morgan fingerprint density at radius 2 is 1.45 bits per heavy atom. The Hall–Kier alpha value is -3.57. The third kappa shape index (κ3) is 7.76. The van der Waals surface area contributed by atoms with E-state index in [9.17, 15) is 26.4 Å². The Labute approximate surface area is 236 Å². The highest BCUT2D eigenvalue weighted by Crippen LogP contribution is 2.33. The SMILES string of the molecule is CCOC(=O)NN=C(c1ccc(C(C)(C)C)cc1)C(c1ccc(Cl)cc1)c1ccc(OS(=O)(=O)C(F)(F)F)cc1. The molecule has 0 heterocycles. The van der Waals surface area contributed by atoms with Crippen LogP contribution in [-0.4, -0.2) is 32.3 Å². The molecule has 40 heavy (non-hydrogen) atoms. The van der Waals surface area contributed by atoms with Gasteiger partial charge in [-0.25, -0.2) is 10.2 Å². The molecule has 0 spiro atoms. The highest BCUT2D eigenvalue weighted by atomic mass is 35.5. The van der Waals surface area contributed by atoms with Crippen LogP contribution in [0.15, 0.2) is 77.9 Å². The van der Waals surface area contributed by atoms with E-state index in [-0.39, 0.29) is 12.0 Å². The van der Waals surface area contributed by atoms with Gasteiger partial charge in [0, 0.05) is 5.02 Å². The van der Waals surface area contributed by atoms with Gasteiger partial charge in [-0.1, -0.05) is 80.9 Å². The fourth-order valence-electron chi connectivity index (χ4n) is 3.76. The van der Waals surface area contributed by atoms with Gasteiger partial charge in [-0.2, -0.15) is 26.7 Å². The van der Waals surface area contributed by atoms with Crippen molar-refractivity contribution in [3.63, 3.8) is 0 Å². The highest BCUT2D eigenvalue weighted by Gasteiger charge is 2.48. The molecule has 0 aliphatic heterocycles. The quantitative estimate of drug-likeness (QED) is 0.129. The zero-order valence-electron chi connectivity index (χ0n) is 22.1. The lowest BCUT2D eigenvalue weighted by molar-refractivity contribution is -0.0500. The number of alkyl halides is 3. The average Bonchev–Trinajstić information content (AvgIpc) is 2.87. The molecular weight excluding hydrogens is 569 g/mol. The van der Waals surface area contributed by atoms with Gasteiger partial charge in [0.05, 0.1) is 18.2 Å². The average molecular weight is 597 g/mol. The minimum Gasteiger partial charge on any atom is -0.449 e. The Morgan fingerprint density at radius 3 is 1.93 bits per heavy atom. The van der Waals surface area contributed by atoms with Crippen molar-refractivity contribution in [2.75, 3.05) is 6.61 Å². The van der Waals surface area contributed by atoms with Crippen LogP contribution in [0.5, 0.6) is 5.75 Å². The zero-order valence-corrected chi connectivity index (χ0v) is 23.7. The smallest absolute Gasteiger partial charge is 0.449 e. The number of rotatable bonds is 8. The molecular formula is C28H28ClF3N2O5S. The molecule has 0 aliphatic rings. The second-order valence-electron chi connectivity index (χ2n) is 9.69. The summed E-state index contributed by atoms with van der Waals surface area (Å²) in [7, 11) is -5.84. The summed E-state index contributed by atoms with van der Waals surface area (Å²) < 4.78 is 70.5. The van der Waals surface area contributed by atoms with Crippen LogP contribution >= 0.6 is 11.6 Å². The van der Waals surface area contributed by atoms with Crippen LogP contribution in [0.2, 0.25) is 5.02 Å². The standard InChI is InChI=1S/C28H28ClF3N2O5S/c1-5-38-26(35)34-33-25(20-6-12-21(13-7-20)27(2,3)4)24(18-8-14-22(29)15-9-18)19-10-16-23(17-11-19)39-40(36,37)28(30,31)32/h6-17,24H,5H2,1-4H3,(H,34,35). The monoisotopic (exact) mass is 596 g/mol. The number of ether oxygens (including phenoxy) is 1. The van der Waals surface area contributed by atoms with Gasteiger partial charge < -0.3 is 8.92 Å². The van der Waals surface area contributed by atoms with E-state index in [2.05, 4.69) is 35.5 Å². The number of carbonyl (C=O) groups excluding carboxylic acids is 1. The molecule has 1 amide bonds. The van der Waals surface area contributed by atoms with Crippen molar-refractivity contribution in [1.29, 1.82) is 0 Å². The number of hydrogen-bond acceptors (Lipinski definition) is 6. The summed E-state index contributed by atoms with van der Waals surface area (Å²) in [5, 5.41) is 4.85. The number of benzene rings is 3. The maximum Gasteiger partial charge on any atom is 0.534 e. The molecule has 0 aromatic heterocycles. The van der Waals surface area contributed by atoms with Gasteiger partial charge in [0.15, 0.2) is 0 Å². The van der Waals surface area contributed by atoms with Crippen LogP contribution in [0.1, 0.15) is 55.9 Å². The lowest BCUT2D eigenvalue weighted by Gasteiger charge is -2.23. The molecule has 1 atom stereocenters. The number of hydrogen-bond donors (Lipinski definition) is 1. The van der Waals surface area contributed by atoms with Crippen molar-refractivity contribution < 1.29 is 35.3 Å². The summed E-state index contributed by atoms with van der Waals surface area (Å²) in [4.78, 5) is 12.1. The van der Waals surface area contributed by atoms with Gasteiger partial charge in [-0.15, -0.1) is 0 Å². The van der Waals surface area contributed by atoms with E-state index >= 15 is 0 Å². The number of hydrazone groups is 1. The number of nitrogens with one attached hydrogen (secondary N) is 1. The second kappa shape index (κ2) is 12.3. The van der Waals surface area contributed by atoms with E-state index in [1.165, 1.54) is 12.1 Å². The topological polar surface area (TPSA) is 94.1 Å². The molecule has 0 radical (unpaired) electrons. The summed E-state index contributed by atoms with van der Waals surface area (Å²) in [5.74, 6) is -1.19. The second-order valence-corrected chi connectivity index (χ2v) is 11.7. The summed E-state index contributed by atoms with van der Waals surface area (Å²) >= 11 is 6.11. The lowest BCUT2D eigenvalue weighted by Crippen LogP contribution is -2.28. The first-order valence-corrected chi connectivity index (χ1v) is 13.9. The summed E-state index contributed by atoms with van der Waals surface area (Å²) in [5.41, 5.74) is -0.0215. The lowest BCUT2D eigenvalue weighted by atomic mass is 9.82. The summed E-state index contributed by atoms with van der Waals surface area (Å²) in [6.07, 6.45) is -0.776. The normalized spacial score (nSPS) is 13.4. The molecule has 7 nitrogen and oxygen atoms in total. The van der Waals surface area contributed by atoms with Crippen LogP contribution in [0, 0.1) is 0 Å². The fourth-order valence-corrected chi connectivity index (χ4v) is 4.34. The minimum atomic E-state index is -5.84. The molecule has 12 heteroatoms. The van der Waals surface area contributed by atoms with Crippen molar-refractivity contribution in [2.24, 2.45) is 5.10 Å². The van der Waals surface area contributed by atoms with Gasteiger partial charge in [0.1, 0.15) is 5.75 Å². The molecule has 214 valence electrons. The number of nitrogens with zero attached hydrogens (tertiary/aromatic N) is 1. The van der Waals surface area contributed by atoms with Crippen LogP contribution in [0.25, 0.3) is 0 Å². The molecule has 1 N–H and O–H groups in total. The largest absolute Gasteiger partial charge is 0.534 e. The molecule has 3 rings (SSSR count). The fraction of sp³-hybridized carbons (Fsp3) is 0.286. The molecule has 1 unspecified atom stereocenters. The number of carbonyl (C=O) groups is 1. The first kappa shape index (κ1) is 31.0. The Kier molecular flexibility index (Phi) is 9.52. The van der Waals surface area contributed by atoms with Crippen LogP contribution in [0.3, 0.4) is 0 Å². The molecule has 0 saturated heterocycles. The van der Waals surface area contributed by atoms with Crippen molar-refractivity contribution in [3.05, 3.63) is 100 Å². The maximum atomic E-state index is 12.8. The van der Waals surface area contributed by atoms with Crippen molar-refractivity contribution >= 4 is 33.5 Å². The van der Waals surface area contributed by atoms with Gasteiger partial charge in [-0.05, 0) is 58.9 Å². The van der Waals surface area contributed by atoms with Gasteiger partial charge in [0.25, 0.3) is 0 Å². The third-order valence-electron chi connectivity index (χ3n) is 5.77. The summed E-state index contributed by atoms with van der Waals surface area (Å²) in [6, 6.07) is 19.5. The molecule has 3 aromatic carbocycles. The molecule has 0 fully saturated rings. The Balaban J connectivity index is 2.15. The van der Waals surface area contributed by atoms with Crippen molar-refractivity contribution in [2.45, 2.75) is 44.5 Å². The predicted molar refractivity (Wildman–Crippen MR) is 147 cm³/mol. The molecule has 0 bridgehead atoms. The van der Waals surface area contributed by atoms with Crippen molar-refractivity contribution in [1.82, 2.24) is 5.43 Å². The third-order valence-corrected chi connectivity index (χ3v) is 7.00. The minimum absolute atomic E-state index is 0.124. The van der Waals surface area contributed by atoms with Crippen LogP contribution < -0.4 is 9.61 Å². The van der Waals surface area contributed by atoms with Gasteiger partial charge in [-0.3, -0.25) is 0 Å². The van der Waals surface area contributed by atoms with Crippen molar-refractivity contribution in [3.8, 4) is 5.75 Å². The van der Waals surface area contributed by atoms with E-state index in [4.69, 9.17) is 16.3 Å². The van der Waals surface area contributed by atoms with Crippen LogP contribution in [-0.2, 0) is 20.3 Å². The van der Waals surface area contributed by atoms with E-state index in [1.807, 2.05) is 24.3 Å². The highest BCUT2D eigenvalue weighted by molar-refractivity contribution is 7.88. The Morgan fingerprint density at radius 1 is 0.925 bits per heavy atom. The van der Waals surface area contributed by atoms with Gasteiger partial charge >= 0.3 is 21.7 Å². The van der Waals surface area contributed by atoms with Crippen LogP contribution in [0.4, 0.5) is 18.0 Å². The molecule has 3 aromatic rings. The first-order chi connectivity index (χ1) is 18.6. The number of amides is 1. The van der Waals surface area contributed by atoms with E-state index < -0.39 is 33.4 Å². The van der Waals surface area contributed by atoms with E-state index in [0.717, 1.165) is 17.7 Å². The van der Waals surface area contributed by atoms with E-state index in [0.29, 0.717) is 27.4 Å². The molecule has 0 saturated carbocycles. The zero-order chi connectivity index (χ0) is 29.7. The van der Waals surface area contributed by atoms with Gasteiger partial charge in [0.2, 0.25) is 0 Å².